The molecule has 0 saturated carbocycles. The van der Waals surface area contributed by atoms with Crippen LogP contribution in [-0.2, 0) is 14.3 Å². The van der Waals surface area contributed by atoms with Gasteiger partial charge >= 0.3 is 5.97 Å². The van der Waals surface area contributed by atoms with Crippen LogP contribution in [-0.4, -0.2) is 56.4 Å². The SMILES string of the molecule is COC(=O)C(C)C(C)N1CCC(OCCCN)CC1. The van der Waals surface area contributed by atoms with E-state index in [0.29, 0.717) is 12.6 Å². The van der Waals surface area contributed by atoms with Crippen LogP contribution in [0.3, 0.4) is 0 Å². The number of likely N-dealkylation sites (tertiary alicyclic amines) is 1. The Morgan fingerprint density at radius 3 is 2.53 bits per heavy atom. The highest BCUT2D eigenvalue weighted by atomic mass is 16.5. The summed E-state index contributed by atoms with van der Waals surface area (Å²) in [6, 6.07) is 0.220. The smallest absolute Gasteiger partial charge is 0.309 e. The molecule has 2 unspecified atom stereocenters. The van der Waals surface area contributed by atoms with Crippen molar-refractivity contribution in [2.75, 3.05) is 33.4 Å². The third kappa shape index (κ3) is 5.09. The van der Waals surface area contributed by atoms with Crippen LogP contribution in [0, 0.1) is 5.92 Å². The van der Waals surface area contributed by atoms with Crippen molar-refractivity contribution in [3.05, 3.63) is 0 Å². The Morgan fingerprint density at radius 2 is 2.00 bits per heavy atom. The zero-order chi connectivity index (χ0) is 14.3. The molecule has 0 aromatic carbocycles. The molecule has 0 bridgehead atoms. The lowest BCUT2D eigenvalue weighted by molar-refractivity contribution is -0.147. The molecule has 5 heteroatoms. The van der Waals surface area contributed by atoms with Gasteiger partial charge in [0.2, 0.25) is 0 Å². The van der Waals surface area contributed by atoms with Crippen LogP contribution in [0.15, 0.2) is 0 Å². The molecule has 1 fully saturated rings. The minimum Gasteiger partial charge on any atom is -0.469 e. The molecule has 0 aromatic rings. The van der Waals surface area contributed by atoms with Gasteiger partial charge in [-0.2, -0.15) is 0 Å². The van der Waals surface area contributed by atoms with Gasteiger partial charge in [0.15, 0.2) is 0 Å². The van der Waals surface area contributed by atoms with Crippen LogP contribution >= 0.6 is 0 Å². The van der Waals surface area contributed by atoms with Crippen molar-refractivity contribution in [2.24, 2.45) is 11.7 Å². The summed E-state index contributed by atoms with van der Waals surface area (Å²) >= 11 is 0. The highest BCUT2D eigenvalue weighted by molar-refractivity contribution is 5.72. The predicted octanol–water partition coefficient (Wildman–Crippen LogP) is 1.01. The Kier molecular flexibility index (Phi) is 7.34. The number of carbonyl (C=O) groups is 1. The van der Waals surface area contributed by atoms with Crippen molar-refractivity contribution < 1.29 is 14.3 Å². The summed E-state index contributed by atoms with van der Waals surface area (Å²) in [7, 11) is 1.45. The van der Waals surface area contributed by atoms with Crippen molar-refractivity contribution in [3.8, 4) is 0 Å². The first-order valence-corrected chi connectivity index (χ1v) is 7.23. The van der Waals surface area contributed by atoms with Gasteiger partial charge < -0.3 is 15.2 Å². The highest BCUT2D eigenvalue weighted by Gasteiger charge is 2.29. The number of nitrogens with zero attached hydrogens (tertiary/aromatic N) is 1. The number of hydrogen-bond acceptors (Lipinski definition) is 5. The minimum absolute atomic E-state index is 0.0836. The lowest BCUT2D eigenvalue weighted by Crippen LogP contribution is -2.46. The average molecular weight is 272 g/mol. The summed E-state index contributed by atoms with van der Waals surface area (Å²) in [4.78, 5) is 13.9. The second-order valence-electron chi connectivity index (χ2n) is 5.30. The molecule has 1 rings (SSSR count). The second-order valence-corrected chi connectivity index (χ2v) is 5.30. The van der Waals surface area contributed by atoms with E-state index in [0.717, 1.165) is 39.0 Å². The molecule has 19 heavy (non-hydrogen) atoms. The highest BCUT2D eigenvalue weighted by Crippen LogP contribution is 2.20. The van der Waals surface area contributed by atoms with Gasteiger partial charge in [0, 0.05) is 25.7 Å². The molecule has 112 valence electrons. The van der Waals surface area contributed by atoms with Crippen molar-refractivity contribution in [3.63, 3.8) is 0 Å². The normalized spacial score (nSPS) is 21.1. The first kappa shape index (κ1) is 16.4. The van der Waals surface area contributed by atoms with E-state index in [4.69, 9.17) is 15.2 Å². The average Bonchev–Trinajstić information content (AvgIpc) is 2.46. The standard InChI is InChI=1S/C14H28N2O3/c1-11(14(17)18-3)12(2)16-8-5-13(6-9-16)19-10-4-7-15/h11-13H,4-10,15H2,1-3H3. The Labute approximate surface area is 116 Å². The zero-order valence-corrected chi connectivity index (χ0v) is 12.4. The second kappa shape index (κ2) is 8.51. The van der Waals surface area contributed by atoms with Gasteiger partial charge in [-0.15, -0.1) is 0 Å². The minimum atomic E-state index is -0.131. The molecule has 2 atom stereocenters. The Hall–Kier alpha value is -0.650. The summed E-state index contributed by atoms with van der Waals surface area (Å²) in [5, 5.41) is 0. The maximum absolute atomic E-state index is 11.5. The Morgan fingerprint density at radius 1 is 1.37 bits per heavy atom. The fraction of sp³-hybridized carbons (Fsp3) is 0.929. The fourth-order valence-corrected chi connectivity index (χ4v) is 2.48. The van der Waals surface area contributed by atoms with E-state index >= 15 is 0 Å². The van der Waals surface area contributed by atoms with E-state index in [-0.39, 0.29) is 17.9 Å². The van der Waals surface area contributed by atoms with Crippen LogP contribution in [0.2, 0.25) is 0 Å². The number of rotatable bonds is 7. The molecule has 0 aromatic heterocycles. The number of piperidine rings is 1. The van der Waals surface area contributed by atoms with Gasteiger partial charge in [0.1, 0.15) is 0 Å². The molecule has 0 spiro atoms. The van der Waals surface area contributed by atoms with E-state index in [1.165, 1.54) is 7.11 Å². The van der Waals surface area contributed by atoms with Gasteiger partial charge in [-0.3, -0.25) is 9.69 Å². The van der Waals surface area contributed by atoms with Gasteiger partial charge in [-0.25, -0.2) is 0 Å². The first-order chi connectivity index (χ1) is 9.10. The molecule has 2 N–H and O–H groups in total. The lowest BCUT2D eigenvalue weighted by Gasteiger charge is -2.37. The predicted molar refractivity (Wildman–Crippen MR) is 74.9 cm³/mol. The molecule has 1 aliphatic rings. The number of methoxy groups -OCH3 is 1. The monoisotopic (exact) mass is 272 g/mol. The van der Waals surface area contributed by atoms with Crippen LogP contribution in [0.5, 0.6) is 0 Å². The van der Waals surface area contributed by atoms with Gasteiger partial charge in [-0.05, 0) is 32.7 Å². The topological polar surface area (TPSA) is 64.8 Å². The third-order valence-electron chi connectivity index (χ3n) is 4.05. The Balaban J connectivity index is 2.30. The molecule has 1 heterocycles. The molecule has 1 saturated heterocycles. The largest absolute Gasteiger partial charge is 0.469 e. The van der Waals surface area contributed by atoms with E-state index < -0.39 is 0 Å². The third-order valence-corrected chi connectivity index (χ3v) is 4.05. The zero-order valence-electron chi connectivity index (χ0n) is 12.4. The van der Waals surface area contributed by atoms with Gasteiger partial charge in [-0.1, -0.05) is 6.92 Å². The van der Waals surface area contributed by atoms with Crippen LogP contribution < -0.4 is 5.73 Å². The maximum atomic E-state index is 11.5. The number of esters is 1. The molecule has 5 nitrogen and oxygen atoms in total. The number of hydrogen-bond donors (Lipinski definition) is 1. The van der Waals surface area contributed by atoms with Crippen LogP contribution in [0.25, 0.3) is 0 Å². The first-order valence-electron chi connectivity index (χ1n) is 7.23. The molecule has 0 aliphatic carbocycles. The number of ether oxygens (including phenoxy) is 2. The number of carbonyl (C=O) groups excluding carboxylic acids is 1. The molecular formula is C14H28N2O3. The lowest BCUT2D eigenvalue weighted by atomic mass is 9.98. The van der Waals surface area contributed by atoms with Gasteiger partial charge in [0.05, 0.1) is 19.1 Å². The van der Waals surface area contributed by atoms with E-state index in [1.54, 1.807) is 0 Å². The van der Waals surface area contributed by atoms with E-state index in [1.807, 2.05) is 6.92 Å². The summed E-state index contributed by atoms with van der Waals surface area (Å²) in [6.45, 7) is 7.44. The van der Waals surface area contributed by atoms with E-state index in [2.05, 4.69) is 11.8 Å². The summed E-state index contributed by atoms with van der Waals surface area (Å²) in [5.74, 6) is -0.214. The summed E-state index contributed by atoms with van der Waals surface area (Å²) in [6.07, 6.45) is 3.34. The van der Waals surface area contributed by atoms with Crippen molar-refractivity contribution in [1.29, 1.82) is 0 Å². The molecule has 0 amide bonds. The Bertz CT molecular complexity index is 265. The van der Waals surface area contributed by atoms with Crippen molar-refractivity contribution >= 4 is 5.97 Å². The van der Waals surface area contributed by atoms with Crippen molar-refractivity contribution in [1.82, 2.24) is 4.90 Å². The van der Waals surface area contributed by atoms with Crippen molar-refractivity contribution in [2.45, 2.75) is 45.3 Å². The summed E-state index contributed by atoms with van der Waals surface area (Å²) in [5.41, 5.74) is 5.45. The quantitative estimate of drug-likeness (QED) is 0.553. The van der Waals surface area contributed by atoms with Gasteiger partial charge in [0.25, 0.3) is 0 Å². The van der Waals surface area contributed by atoms with Crippen LogP contribution in [0.1, 0.15) is 33.1 Å². The van der Waals surface area contributed by atoms with E-state index in [9.17, 15) is 4.79 Å². The molecule has 1 aliphatic heterocycles. The van der Waals surface area contributed by atoms with Crippen LogP contribution in [0.4, 0.5) is 0 Å². The summed E-state index contributed by atoms with van der Waals surface area (Å²) < 4.78 is 10.6. The molecular weight excluding hydrogens is 244 g/mol. The maximum Gasteiger partial charge on any atom is 0.309 e. The molecule has 0 radical (unpaired) electrons. The number of nitrogens with two attached hydrogens (primary N) is 1. The fourth-order valence-electron chi connectivity index (χ4n) is 2.48.